The van der Waals surface area contributed by atoms with E-state index < -0.39 is 0 Å². The molecule has 2 N–H and O–H groups in total. The molecule has 1 saturated heterocycles. The predicted octanol–water partition coefficient (Wildman–Crippen LogP) is 1.46. The minimum absolute atomic E-state index is 0.188. The Kier molecular flexibility index (Phi) is 2.50. The van der Waals surface area contributed by atoms with Crippen LogP contribution in [0.25, 0.3) is 0 Å². The molecule has 0 aromatic rings. The summed E-state index contributed by atoms with van der Waals surface area (Å²) >= 11 is 0. The highest BCUT2D eigenvalue weighted by Gasteiger charge is 2.36. The van der Waals surface area contributed by atoms with Crippen LogP contribution < -0.4 is 5.73 Å². The summed E-state index contributed by atoms with van der Waals surface area (Å²) in [6.45, 7) is 12.3. The smallest absolute Gasteiger partial charge is 0.0275 e. The Morgan fingerprint density at radius 3 is 2.33 bits per heavy atom. The van der Waals surface area contributed by atoms with Crippen LogP contribution in [0.1, 0.15) is 34.1 Å². The summed E-state index contributed by atoms with van der Waals surface area (Å²) in [6, 6.07) is 0. The fourth-order valence-electron chi connectivity index (χ4n) is 1.76. The van der Waals surface area contributed by atoms with Gasteiger partial charge in [-0.2, -0.15) is 0 Å². The molecule has 0 unspecified atom stereocenters. The van der Waals surface area contributed by atoms with Crippen molar-refractivity contribution in [2.45, 2.75) is 39.7 Å². The first kappa shape index (κ1) is 10.0. The molecule has 72 valence electrons. The maximum Gasteiger partial charge on any atom is 0.0275 e. The number of likely N-dealkylation sites (tertiary alicyclic amines) is 1. The van der Waals surface area contributed by atoms with Gasteiger partial charge in [-0.15, -0.1) is 0 Å². The van der Waals surface area contributed by atoms with Crippen molar-refractivity contribution in [3.63, 3.8) is 0 Å². The van der Waals surface area contributed by atoms with Crippen molar-refractivity contribution >= 4 is 0 Å². The molecule has 0 radical (unpaired) electrons. The molecule has 0 spiro atoms. The fraction of sp³-hybridized carbons (Fsp3) is 1.00. The van der Waals surface area contributed by atoms with E-state index in [1.54, 1.807) is 0 Å². The molecule has 1 heterocycles. The maximum absolute atomic E-state index is 5.73. The van der Waals surface area contributed by atoms with Gasteiger partial charge in [0.1, 0.15) is 0 Å². The number of nitrogens with zero attached hydrogens (tertiary/aromatic N) is 1. The second-order valence-electron chi connectivity index (χ2n) is 5.35. The Morgan fingerprint density at radius 2 is 2.00 bits per heavy atom. The van der Waals surface area contributed by atoms with Gasteiger partial charge in [0.25, 0.3) is 0 Å². The van der Waals surface area contributed by atoms with Crippen molar-refractivity contribution in [3.8, 4) is 0 Å². The molecule has 0 saturated carbocycles. The lowest BCUT2D eigenvalue weighted by Crippen LogP contribution is -2.48. The van der Waals surface area contributed by atoms with E-state index in [1.807, 2.05) is 0 Å². The highest BCUT2D eigenvalue weighted by atomic mass is 15.2. The van der Waals surface area contributed by atoms with Crippen LogP contribution in [0.4, 0.5) is 0 Å². The van der Waals surface area contributed by atoms with Crippen molar-refractivity contribution in [2.75, 3.05) is 19.6 Å². The van der Waals surface area contributed by atoms with Crippen molar-refractivity contribution in [1.82, 2.24) is 4.90 Å². The van der Waals surface area contributed by atoms with Gasteiger partial charge in [0.05, 0.1) is 0 Å². The monoisotopic (exact) mass is 170 g/mol. The topological polar surface area (TPSA) is 29.3 Å². The van der Waals surface area contributed by atoms with E-state index in [2.05, 4.69) is 32.6 Å². The third-order valence-corrected chi connectivity index (χ3v) is 3.03. The van der Waals surface area contributed by atoms with Gasteiger partial charge in [-0.3, -0.25) is 4.90 Å². The molecular formula is C10H22N2. The largest absolute Gasteiger partial charge is 0.329 e. The molecule has 1 rings (SSSR count). The van der Waals surface area contributed by atoms with Gasteiger partial charge in [0.15, 0.2) is 0 Å². The zero-order valence-electron chi connectivity index (χ0n) is 8.85. The standard InChI is InChI=1S/C10H22N2/c1-9(2)5-6-12(8-9)10(3,4)7-11/h5-8,11H2,1-4H3. The fourth-order valence-corrected chi connectivity index (χ4v) is 1.76. The Labute approximate surface area is 76.1 Å². The molecule has 0 aromatic heterocycles. The number of hydrogen-bond acceptors (Lipinski definition) is 2. The van der Waals surface area contributed by atoms with Gasteiger partial charge < -0.3 is 5.73 Å². The second-order valence-corrected chi connectivity index (χ2v) is 5.35. The first-order valence-electron chi connectivity index (χ1n) is 4.82. The molecular weight excluding hydrogens is 148 g/mol. The summed E-state index contributed by atoms with van der Waals surface area (Å²) in [5.74, 6) is 0. The van der Waals surface area contributed by atoms with Gasteiger partial charge in [0, 0.05) is 18.6 Å². The molecule has 0 bridgehead atoms. The van der Waals surface area contributed by atoms with Crippen LogP contribution in [-0.4, -0.2) is 30.1 Å². The van der Waals surface area contributed by atoms with Crippen molar-refractivity contribution in [2.24, 2.45) is 11.1 Å². The van der Waals surface area contributed by atoms with Crippen LogP contribution in [0.5, 0.6) is 0 Å². The van der Waals surface area contributed by atoms with Crippen LogP contribution in [0.15, 0.2) is 0 Å². The SMILES string of the molecule is CC1(C)CCN(C(C)(C)CN)C1. The van der Waals surface area contributed by atoms with Crippen molar-refractivity contribution in [3.05, 3.63) is 0 Å². The van der Waals surface area contributed by atoms with Gasteiger partial charge in [0.2, 0.25) is 0 Å². The van der Waals surface area contributed by atoms with Crippen molar-refractivity contribution < 1.29 is 0 Å². The van der Waals surface area contributed by atoms with Gasteiger partial charge >= 0.3 is 0 Å². The van der Waals surface area contributed by atoms with Crippen LogP contribution in [0, 0.1) is 5.41 Å². The highest BCUT2D eigenvalue weighted by Crippen LogP contribution is 2.32. The summed E-state index contributed by atoms with van der Waals surface area (Å²) in [6.07, 6.45) is 1.30. The quantitative estimate of drug-likeness (QED) is 0.680. The molecule has 2 nitrogen and oxygen atoms in total. The zero-order valence-corrected chi connectivity index (χ0v) is 8.85. The van der Waals surface area contributed by atoms with Gasteiger partial charge in [-0.25, -0.2) is 0 Å². The molecule has 1 aliphatic rings. The van der Waals surface area contributed by atoms with E-state index in [0.717, 1.165) is 6.54 Å². The summed E-state index contributed by atoms with van der Waals surface area (Å²) in [4.78, 5) is 2.51. The average Bonchev–Trinajstić information content (AvgIpc) is 2.31. The number of hydrogen-bond donors (Lipinski definition) is 1. The van der Waals surface area contributed by atoms with Crippen LogP contribution in [-0.2, 0) is 0 Å². The average molecular weight is 170 g/mol. The number of nitrogens with two attached hydrogens (primary N) is 1. The summed E-state index contributed by atoms with van der Waals surface area (Å²) < 4.78 is 0. The third-order valence-electron chi connectivity index (χ3n) is 3.03. The third kappa shape index (κ3) is 1.99. The van der Waals surface area contributed by atoms with E-state index in [-0.39, 0.29) is 5.54 Å². The molecule has 12 heavy (non-hydrogen) atoms. The van der Waals surface area contributed by atoms with E-state index in [0.29, 0.717) is 5.41 Å². The lowest BCUT2D eigenvalue weighted by molar-refractivity contribution is 0.146. The zero-order chi connectivity index (χ0) is 9.41. The van der Waals surface area contributed by atoms with E-state index >= 15 is 0 Å². The summed E-state index contributed by atoms with van der Waals surface area (Å²) in [7, 11) is 0. The van der Waals surface area contributed by atoms with Gasteiger partial charge in [-0.05, 0) is 32.2 Å². The Balaban J connectivity index is 2.58. The highest BCUT2D eigenvalue weighted by molar-refractivity contribution is 4.91. The lowest BCUT2D eigenvalue weighted by atomic mass is 9.93. The summed E-state index contributed by atoms with van der Waals surface area (Å²) in [5, 5.41) is 0. The Hall–Kier alpha value is -0.0800. The van der Waals surface area contributed by atoms with Crippen LogP contribution >= 0.6 is 0 Å². The van der Waals surface area contributed by atoms with Gasteiger partial charge in [-0.1, -0.05) is 13.8 Å². The maximum atomic E-state index is 5.73. The number of rotatable bonds is 2. The molecule has 2 heteroatoms. The Morgan fingerprint density at radius 1 is 1.42 bits per heavy atom. The molecule has 1 aliphatic heterocycles. The van der Waals surface area contributed by atoms with Crippen LogP contribution in [0.2, 0.25) is 0 Å². The first-order chi connectivity index (χ1) is 5.37. The van der Waals surface area contributed by atoms with Crippen molar-refractivity contribution in [1.29, 1.82) is 0 Å². The predicted molar refractivity (Wildman–Crippen MR) is 53.1 cm³/mol. The Bertz CT molecular complexity index is 161. The molecule has 1 fully saturated rings. The van der Waals surface area contributed by atoms with E-state index in [1.165, 1.54) is 19.5 Å². The lowest BCUT2D eigenvalue weighted by Gasteiger charge is -2.35. The minimum Gasteiger partial charge on any atom is -0.329 e. The first-order valence-corrected chi connectivity index (χ1v) is 4.82. The summed E-state index contributed by atoms with van der Waals surface area (Å²) in [5.41, 5.74) is 6.41. The molecule has 0 amide bonds. The van der Waals surface area contributed by atoms with Crippen LogP contribution in [0.3, 0.4) is 0 Å². The minimum atomic E-state index is 0.188. The normalized spacial score (nSPS) is 24.8. The molecule has 0 aromatic carbocycles. The molecule has 0 atom stereocenters. The molecule has 0 aliphatic carbocycles. The van der Waals surface area contributed by atoms with E-state index in [9.17, 15) is 0 Å². The van der Waals surface area contributed by atoms with E-state index in [4.69, 9.17) is 5.73 Å². The second kappa shape index (κ2) is 3.00.